The zero-order chi connectivity index (χ0) is 23.6. The van der Waals surface area contributed by atoms with Crippen LogP contribution in [0, 0.1) is 12.3 Å². The SMILES string of the molecule is C#CCn1c(=NC(=O)c2ccc(C(=O)c3ccccc3)cc2)sc2cc(S(C)(=O)=O)ccc21. The number of rotatable bonds is 5. The van der Waals surface area contributed by atoms with Crippen LogP contribution in [0.5, 0.6) is 0 Å². The van der Waals surface area contributed by atoms with Gasteiger partial charge in [-0.1, -0.05) is 59.7 Å². The van der Waals surface area contributed by atoms with Gasteiger partial charge in [-0.3, -0.25) is 9.59 Å². The van der Waals surface area contributed by atoms with Crippen molar-refractivity contribution in [1.29, 1.82) is 0 Å². The number of sulfone groups is 1. The quantitative estimate of drug-likeness (QED) is 0.326. The van der Waals surface area contributed by atoms with Crippen LogP contribution in [-0.4, -0.2) is 30.9 Å². The monoisotopic (exact) mass is 474 g/mol. The molecule has 8 heteroatoms. The van der Waals surface area contributed by atoms with Crippen molar-refractivity contribution in [3.63, 3.8) is 0 Å². The van der Waals surface area contributed by atoms with E-state index in [2.05, 4.69) is 10.9 Å². The van der Waals surface area contributed by atoms with Gasteiger partial charge in [0.05, 0.1) is 21.7 Å². The maximum atomic E-state index is 12.8. The van der Waals surface area contributed by atoms with Gasteiger partial charge in [-0.15, -0.1) is 6.42 Å². The average Bonchev–Trinajstić information content (AvgIpc) is 3.15. The van der Waals surface area contributed by atoms with E-state index in [1.54, 1.807) is 65.2 Å². The largest absolute Gasteiger partial charge is 0.305 e. The first-order chi connectivity index (χ1) is 15.8. The van der Waals surface area contributed by atoms with E-state index in [0.717, 1.165) is 6.26 Å². The highest BCUT2D eigenvalue weighted by Gasteiger charge is 2.14. The molecule has 0 N–H and O–H groups in total. The summed E-state index contributed by atoms with van der Waals surface area (Å²) in [7, 11) is -3.38. The molecular weight excluding hydrogens is 456 g/mol. The molecular formula is C25H18N2O4S2. The van der Waals surface area contributed by atoms with Crippen molar-refractivity contribution in [1.82, 2.24) is 4.57 Å². The number of aromatic nitrogens is 1. The Labute approximate surface area is 194 Å². The van der Waals surface area contributed by atoms with E-state index in [-0.39, 0.29) is 17.2 Å². The molecule has 0 fully saturated rings. The van der Waals surface area contributed by atoms with E-state index < -0.39 is 15.7 Å². The maximum absolute atomic E-state index is 12.8. The second kappa shape index (κ2) is 8.98. The molecule has 0 aliphatic carbocycles. The van der Waals surface area contributed by atoms with E-state index in [1.807, 2.05) is 6.07 Å². The van der Waals surface area contributed by atoms with Crippen molar-refractivity contribution in [2.24, 2.45) is 4.99 Å². The van der Waals surface area contributed by atoms with Gasteiger partial charge in [0.2, 0.25) is 0 Å². The smallest absolute Gasteiger partial charge is 0.279 e. The van der Waals surface area contributed by atoms with Gasteiger partial charge < -0.3 is 4.57 Å². The van der Waals surface area contributed by atoms with Crippen LogP contribution in [0.1, 0.15) is 26.3 Å². The molecule has 0 saturated heterocycles. The Balaban J connectivity index is 1.70. The van der Waals surface area contributed by atoms with Gasteiger partial charge >= 0.3 is 0 Å². The molecule has 0 radical (unpaired) electrons. The second-order valence-electron chi connectivity index (χ2n) is 7.27. The zero-order valence-corrected chi connectivity index (χ0v) is 19.2. The summed E-state index contributed by atoms with van der Waals surface area (Å²) in [6.07, 6.45) is 6.63. The van der Waals surface area contributed by atoms with Crippen molar-refractivity contribution in [2.45, 2.75) is 11.4 Å². The minimum atomic E-state index is -3.38. The Bertz CT molecular complexity index is 1590. The van der Waals surface area contributed by atoms with E-state index in [1.165, 1.54) is 17.4 Å². The van der Waals surface area contributed by atoms with E-state index in [9.17, 15) is 18.0 Å². The number of hydrogen-bond donors (Lipinski definition) is 0. The number of terminal acetylenes is 1. The standard InChI is InChI=1S/C25H18N2O4S2/c1-3-15-27-21-14-13-20(33(2,30)31)16-22(21)32-25(27)26-24(29)19-11-9-18(10-12-19)23(28)17-7-5-4-6-8-17/h1,4-14,16H,15H2,2H3. The van der Waals surface area contributed by atoms with Crippen molar-refractivity contribution < 1.29 is 18.0 Å². The van der Waals surface area contributed by atoms with Gasteiger partial charge in [-0.05, 0) is 30.3 Å². The number of carbonyl (C=O) groups excluding carboxylic acids is 2. The summed E-state index contributed by atoms with van der Waals surface area (Å²) in [5, 5.41) is 0. The van der Waals surface area contributed by atoms with Gasteiger partial charge in [-0.2, -0.15) is 4.99 Å². The minimum absolute atomic E-state index is 0.135. The lowest BCUT2D eigenvalue weighted by Gasteiger charge is -2.03. The van der Waals surface area contributed by atoms with Crippen LogP contribution in [0.3, 0.4) is 0 Å². The van der Waals surface area contributed by atoms with Gasteiger partial charge in [0.25, 0.3) is 5.91 Å². The van der Waals surface area contributed by atoms with Crippen molar-refractivity contribution in [3.05, 3.63) is 94.3 Å². The average molecular weight is 475 g/mol. The molecule has 164 valence electrons. The van der Waals surface area contributed by atoms with Crippen molar-refractivity contribution >= 4 is 43.1 Å². The Morgan fingerprint density at radius 3 is 2.24 bits per heavy atom. The normalized spacial score (nSPS) is 11.9. The first-order valence-corrected chi connectivity index (χ1v) is 12.5. The number of carbonyl (C=O) groups is 2. The highest BCUT2D eigenvalue weighted by atomic mass is 32.2. The molecule has 3 aromatic carbocycles. The zero-order valence-electron chi connectivity index (χ0n) is 17.6. The second-order valence-corrected chi connectivity index (χ2v) is 10.3. The number of ketones is 1. The summed E-state index contributed by atoms with van der Waals surface area (Å²) in [5.74, 6) is 1.91. The lowest BCUT2D eigenvalue weighted by atomic mass is 10.0. The molecule has 4 aromatic rings. The Morgan fingerprint density at radius 1 is 0.970 bits per heavy atom. The highest BCUT2D eigenvalue weighted by molar-refractivity contribution is 7.90. The van der Waals surface area contributed by atoms with Gasteiger partial charge in [0.1, 0.15) is 0 Å². The van der Waals surface area contributed by atoms with Crippen LogP contribution in [0.2, 0.25) is 0 Å². The molecule has 0 saturated carbocycles. The van der Waals surface area contributed by atoms with Crippen LogP contribution in [0.4, 0.5) is 0 Å². The summed E-state index contributed by atoms with van der Waals surface area (Å²) in [6, 6.07) is 19.9. The summed E-state index contributed by atoms with van der Waals surface area (Å²) >= 11 is 1.18. The summed E-state index contributed by atoms with van der Waals surface area (Å²) in [4.78, 5) is 30.1. The third-order valence-electron chi connectivity index (χ3n) is 4.96. The van der Waals surface area contributed by atoms with Crippen LogP contribution < -0.4 is 4.80 Å². The van der Waals surface area contributed by atoms with Gasteiger partial charge in [0, 0.05) is 22.9 Å². The summed E-state index contributed by atoms with van der Waals surface area (Å²) in [5.41, 5.74) is 2.05. The number of thiazole rings is 1. The molecule has 6 nitrogen and oxygen atoms in total. The fourth-order valence-electron chi connectivity index (χ4n) is 3.29. The number of hydrogen-bond acceptors (Lipinski definition) is 5. The first-order valence-electron chi connectivity index (χ1n) is 9.84. The number of amides is 1. The molecule has 0 unspecified atom stereocenters. The van der Waals surface area contributed by atoms with Crippen LogP contribution >= 0.6 is 11.3 Å². The molecule has 1 aromatic heterocycles. The molecule has 0 spiro atoms. The molecule has 4 rings (SSSR count). The first kappa shape index (κ1) is 22.4. The van der Waals surface area contributed by atoms with Crippen molar-refractivity contribution in [3.8, 4) is 12.3 Å². The van der Waals surface area contributed by atoms with Gasteiger partial charge in [-0.25, -0.2) is 8.42 Å². The Morgan fingerprint density at radius 2 is 1.61 bits per heavy atom. The molecule has 33 heavy (non-hydrogen) atoms. The molecule has 1 amide bonds. The molecule has 1 heterocycles. The topological polar surface area (TPSA) is 85.6 Å². The summed E-state index contributed by atoms with van der Waals surface area (Å²) < 4.78 is 26.1. The van der Waals surface area contributed by atoms with Crippen LogP contribution in [0.15, 0.2) is 82.7 Å². The Kier molecular flexibility index (Phi) is 6.09. The van der Waals surface area contributed by atoms with Crippen LogP contribution in [0.25, 0.3) is 10.2 Å². The third kappa shape index (κ3) is 4.70. The van der Waals surface area contributed by atoms with Crippen LogP contribution in [-0.2, 0) is 16.4 Å². The van der Waals surface area contributed by atoms with Gasteiger partial charge in [0.15, 0.2) is 20.4 Å². The highest BCUT2D eigenvalue weighted by Crippen LogP contribution is 2.22. The third-order valence-corrected chi connectivity index (χ3v) is 7.11. The lowest BCUT2D eigenvalue weighted by Crippen LogP contribution is -2.16. The summed E-state index contributed by atoms with van der Waals surface area (Å²) in [6.45, 7) is 0.175. The van der Waals surface area contributed by atoms with Crippen molar-refractivity contribution in [2.75, 3.05) is 6.26 Å². The van der Waals surface area contributed by atoms with E-state index in [4.69, 9.17) is 6.42 Å². The molecule has 0 atom stereocenters. The van der Waals surface area contributed by atoms with E-state index in [0.29, 0.717) is 31.7 Å². The molecule has 0 aliphatic heterocycles. The fourth-order valence-corrected chi connectivity index (χ4v) is 5.07. The predicted octanol–water partition coefficient (Wildman–Crippen LogP) is 3.71. The number of nitrogens with zero attached hydrogens (tertiary/aromatic N) is 2. The van der Waals surface area contributed by atoms with E-state index >= 15 is 0 Å². The lowest BCUT2D eigenvalue weighted by molar-refractivity contribution is 0.0994. The predicted molar refractivity (Wildman–Crippen MR) is 128 cm³/mol. The Hall–Kier alpha value is -3.80. The fraction of sp³-hybridized carbons (Fsp3) is 0.0800. The number of fused-ring (bicyclic) bond motifs is 1. The minimum Gasteiger partial charge on any atom is -0.305 e. The molecule has 0 aliphatic rings. The number of benzene rings is 3. The molecule has 0 bridgehead atoms. The maximum Gasteiger partial charge on any atom is 0.279 e.